The molecule has 0 aliphatic heterocycles. The summed E-state index contributed by atoms with van der Waals surface area (Å²) in [4.78, 5) is 61.6. The number of pyridine rings is 6. The van der Waals surface area contributed by atoms with Crippen LogP contribution in [0.3, 0.4) is 0 Å². The molecule has 11 N–H and O–H groups in total. The highest BCUT2D eigenvalue weighted by Gasteiger charge is 2.20. The fraction of sp³-hybridized carbons (Fsp3) is 0.0800. The van der Waals surface area contributed by atoms with Crippen molar-refractivity contribution < 1.29 is 19.5 Å². The first-order chi connectivity index (χ1) is 49.9. The van der Waals surface area contributed by atoms with Gasteiger partial charge in [0.25, 0.3) is 11.8 Å². The molecular formula is C75H56Cl3N21O4. The lowest BCUT2D eigenvalue weighted by Crippen LogP contribution is -2.23. The Bertz CT molecular complexity index is 5700. The van der Waals surface area contributed by atoms with Crippen LogP contribution in [-0.2, 0) is 39.3 Å². The molecule has 0 aliphatic rings. The van der Waals surface area contributed by atoms with Crippen LogP contribution < -0.4 is 33.6 Å². The average Bonchev–Trinajstić information content (AvgIpc) is 1.50. The molecule has 0 bridgehead atoms. The zero-order chi connectivity index (χ0) is 72.3. The van der Waals surface area contributed by atoms with Crippen molar-refractivity contribution in [2.24, 2.45) is 5.73 Å². The number of halogens is 3. The van der Waals surface area contributed by atoms with Crippen LogP contribution in [0.2, 0.25) is 15.1 Å². The molecule has 25 nitrogen and oxygen atoms in total. The molecular weight excluding hydrogens is 1370 g/mol. The van der Waals surface area contributed by atoms with Gasteiger partial charge in [0.1, 0.15) is 41.2 Å². The van der Waals surface area contributed by atoms with Gasteiger partial charge < -0.3 is 38.7 Å². The number of nitrogen functional groups attached to an aromatic ring is 3. The van der Waals surface area contributed by atoms with E-state index in [1.54, 1.807) is 71.1 Å². The molecule has 0 saturated carbocycles. The number of hydrogen-bond acceptors (Lipinski definition) is 19. The molecule has 0 unspecified atom stereocenters. The molecule has 9 heterocycles. The van der Waals surface area contributed by atoms with Gasteiger partial charge in [-0.3, -0.25) is 38.6 Å². The van der Waals surface area contributed by atoms with Crippen molar-refractivity contribution in [3.05, 3.63) is 284 Å². The summed E-state index contributed by atoms with van der Waals surface area (Å²) in [6.07, 6.45) is 14.3. The number of carboxylic acids is 1. The fourth-order valence-corrected chi connectivity index (χ4v) is 11.7. The number of aromatic carboxylic acids is 1. The third-order valence-electron chi connectivity index (χ3n) is 16.2. The number of rotatable bonds is 14. The van der Waals surface area contributed by atoms with Crippen molar-refractivity contribution in [2.75, 3.05) is 17.2 Å². The lowest BCUT2D eigenvalue weighted by molar-refractivity contribution is 0.0695. The van der Waals surface area contributed by atoms with Gasteiger partial charge >= 0.3 is 5.97 Å². The Morgan fingerprint density at radius 3 is 1.05 bits per heavy atom. The Kier molecular flexibility index (Phi) is 21.0. The SMILES string of the molecule is N#Cc1nn(Cc2ccc3ncc(Cl)cc3c2)cc1C(=O)NCc1ccc2c(N)nccc2c1.N#Cc1nn(Cc2ccc3ncc(Cl)cc3c2)cc1C(=O)NCc1ccc2c(N)nccc2c1.N#Cc1nn(Cc2ccc3ncc(Cl)cc3c2)cc1C(=O)O.NCc1ccc2c(N)nccc2c1. The molecule has 0 spiro atoms. The van der Waals surface area contributed by atoms with E-state index in [4.69, 9.17) is 68.1 Å². The molecule has 28 heteroatoms. The Labute approximate surface area is 600 Å². The fourth-order valence-electron chi connectivity index (χ4n) is 11.2. The molecule has 506 valence electrons. The molecule has 0 fully saturated rings. The minimum Gasteiger partial charge on any atom is -0.478 e. The van der Waals surface area contributed by atoms with Gasteiger partial charge in [0.2, 0.25) is 0 Å². The molecule has 15 rings (SSSR count). The van der Waals surface area contributed by atoms with E-state index in [0.717, 1.165) is 98.4 Å². The van der Waals surface area contributed by atoms with Gasteiger partial charge in [-0.2, -0.15) is 31.1 Å². The summed E-state index contributed by atoms with van der Waals surface area (Å²) in [6.45, 7) is 2.29. The number of carbonyl (C=O) groups is 3. The zero-order valence-corrected chi connectivity index (χ0v) is 56.4. The third-order valence-corrected chi connectivity index (χ3v) is 16.8. The quantitative estimate of drug-likeness (QED) is 0.0531. The van der Waals surface area contributed by atoms with E-state index in [1.165, 1.54) is 10.9 Å². The maximum absolute atomic E-state index is 12.8. The molecule has 0 saturated heterocycles. The van der Waals surface area contributed by atoms with Crippen LogP contribution in [0.25, 0.3) is 65.0 Å². The Hall–Kier alpha value is -13.5. The van der Waals surface area contributed by atoms with Crippen LogP contribution in [0, 0.1) is 34.0 Å². The zero-order valence-electron chi connectivity index (χ0n) is 54.1. The number of nitrogens with zero attached hydrogens (tertiary/aromatic N) is 15. The van der Waals surface area contributed by atoms with Gasteiger partial charge in [-0.1, -0.05) is 89.4 Å². The molecule has 9 aromatic heterocycles. The Morgan fingerprint density at radius 2 is 0.718 bits per heavy atom. The van der Waals surface area contributed by atoms with Crippen molar-refractivity contribution in [1.29, 1.82) is 15.8 Å². The Morgan fingerprint density at radius 1 is 0.408 bits per heavy atom. The number of anilines is 3. The van der Waals surface area contributed by atoms with Crippen molar-refractivity contribution in [1.82, 2.24) is 69.9 Å². The van der Waals surface area contributed by atoms with Crippen LogP contribution >= 0.6 is 34.8 Å². The highest BCUT2D eigenvalue weighted by molar-refractivity contribution is 6.31. The summed E-state index contributed by atoms with van der Waals surface area (Å²) >= 11 is 18.0. The summed E-state index contributed by atoms with van der Waals surface area (Å²) in [5.74, 6) is -0.411. The van der Waals surface area contributed by atoms with Crippen LogP contribution in [0.15, 0.2) is 201 Å². The summed E-state index contributed by atoms with van der Waals surface area (Å²) in [5.41, 5.74) is 31.6. The first-order valence-corrected chi connectivity index (χ1v) is 32.5. The topological polar surface area (TPSA) is 402 Å². The lowest BCUT2D eigenvalue weighted by atomic mass is 10.1. The largest absolute Gasteiger partial charge is 0.478 e. The average molecular weight is 1420 g/mol. The molecule has 2 amide bonds. The van der Waals surface area contributed by atoms with Gasteiger partial charge in [-0.15, -0.1) is 0 Å². The first kappa shape index (κ1) is 69.4. The van der Waals surface area contributed by atoms with Gasteiger partial charge in [0, 0.05) is 108 Å². The van der Waals surface area contributed by atoms with E-state index in [9.17, 15) is 24.9 Å². The number of aromatic nitrogens is 12. The summed E-state index contributed by atoms with van der Waals surface area (Å²) in [7, 11) is 0. The van der Waals surface area contributed by atoms with Crippen molar-refractivity contribution in [2.45, 2.75) is 39.3 Å². The van der Waals surface area contributed by atoms with Gasteiger partial charge in [0.15, 0.2) is 17.1 Å². The van der Waals surface area contributed by atoms with E-state index >= 15 is 0 Å². The molecule has 15 aromatic rings. The minimum absolute atomic E-state index is 0.0698. The smallest absolute Gasteiger partial charge is 0.340 e. The second-order valence-electron chi connectivity index (χ2n) is 23.3. The maximum Gasteiger partial charge on any atom is 0.340 e. The van der Waals surface area contributed by atoms with Gasteiger partial charge in [-0.25, -0.2) is 19.7 Å². The van der Waals surface area contributed by atoms with E-state index in [-0.39, 0.29) is 45.6 Å². The number of amides is 2. The standard InChI is InChI=1S/2C25H18ClN7O.C15H9ClN4O2.C10H11N3/c2*26-19-9-18-8-16(2-4-22(18)30-12-19)13-33-14-21(23(10-27)32-33)25(34)31-11-15-1-3-20-17(7-15)5-6-29-24(20)28;16-11-4-10-3-9(1-2-13(10)18-6-11)7-20-8-12(15(21)22)14(5-17)19-20;11-6-7-1-2-9-8(5-7)3-4-13-10(9)12/h2*1-9,12,14H,11,13H2,(H2,28,29)(H,31,34);1-4,6,8H,7H2,(H,21,22);1-5H,6,11H2,(H2,12,13). The minimum atomic E-state index is -1.17. The number of hydrogen-bond donors (Lipinski definition) is 7. The van der Waals surface area contributed by atoms with Crippen molar-refractivity contribution in [3.8, 4) is 18.2 Å². The maximum atomic E-state index is 12.8. The molecule has 0 aliphatic carbocycles. The van der Waals surface area contributed by atoms with Gasteiger partial charge in [0.05, 0.1) is 62.4 Å². The number of carboxylic acid groups (broad SMARTS) is 1. The predicted octanol–water partition coefficient (Wildman–Crippen LogP) is 12.1. The van der Waals surface area contributed by atoms with Crippen LogP contribution in [0.4, 0.5) is 17.5 Å². The monoisotopic (exact) mass is 1420 g/mol. The number of nitrogens with two attached hydrogens (primary N) is 4. The summed E-state index contributed by atoms with van der Waals surface area (Å²) in [5, 5.41) is 65.2. The normalized spacial score (nSPS) is 10.8. The Balaban J connectivity index is 0.000000136. The highest BCUT2D eigenvalue weighted by atomic mass is 35.5. The number of fused-ring (bicyclic) bond motifs is 6. The molecule has 6 aromatic carbocycles. The number of carbonyl (C=O) groups excluding carboxylic acids is 2. The second-order valence-corrected chi connectivity index (χ2v) is 24.6. The van der Waals surface area contributed by atoms with Crippen LogP contribution in [-0.4, -0.2) is 82.1 Å². The van der Waals surface area contributed by atoms with Crippen LogP contribution in [0.1, 0.15) is 81.5 Å². The van der Waals surface area contributed by atoms with Crippen LogP contribution in [0.5, 0.6) is 0 Å². The van der Waals surface area contributed by atoms with E-state index < -0.39 is 5.97 Å². The summed E-state index contributed by atoms with van der Waals surface area (Å²) < 4.78 is 4.60. The number of nitrogens with one attached hydrogen (secondary N) is 2. The van der Waals surface area contributed by atoms with Gasteiger partial charge in [-0.05, 0) is 141 Å². The first-order valence-electron chi connectivity index (χ1n) is 31.3. The van der Waals surface area contributed by atoms with Crippen molar-refractivity contribution >= 4 is 135 Å². The molecule has 0 atom stereocenters. The van der Waals surface area contributed by atoms with E-state index in [0.29, 0.717) is 71.8 Å². The van der Waals surface area contributed by atoms with E-state index in [2.05, 4.69) is 55.8 Å². The molecule has 0 radical (unpaired) electrons. The predicted molar refractivity (Wildman–Crippen MR) is 394 cm³/mol. The van der Waals surface area contributed by atoms with Crippen molar-refractivity contribution in [3.63, 3.8) is 0 Å². The second kappa shape index (κ2) is 31.2. The molecule has 103 heavy (non-hydrogen) atoms. The number of benzene rings is 6. The van der Waals surface area contributed by atoms with E-state index in [1.807, 2.05) is 152 Å². The lowest BCUT2D eigenvalue weighted by Gasteiger charge is -2.07. The summed E-state index contributed by atoms with van der Waals surface area (Å²) in [6, 6.07) is 51.6. The third kappa shape index (κ3) is 16.6. The highest BCUT2D eigenvalue weighted by Crippen LogP contribution is 2.26. The number of nitriles is 3.